The maximum absolute atomic E-state index is 14.6. The van der Waals surface area contributed by atoms with Gasteiger partial charge in [-0.3, -0.25) is 0 Å². The van der Waals surface area contributed by atoms with E-state index in [4.69, 9.17) is 16.7 Å². The second kappa shape index (κ2) is 7.75. The van der Waals surface area contributed by atoms with Gasteiger partial charge in [0, 0.05) is 6.42 Å². The van der Waals surface area contributed by atoms with Crippen LogP contribution in [0.15, 0.2) is 47.4 Å². The number of primary sulfonamides is 1. The van der Waals surface area contributed by atoms with E-state index < -0.39 is 15.8 Å². The predicted octanol–water partition coefficient (Wildman–Crippen LogP) is 2.95. The Balaban J connectivity index is 2.04. The van der Waals surface area contributed by atoms with Gasteiger partial charge in [-0.2, -0.15) is 0 Å². The number of alkyl halides is 1. The minimum absolute atomic E-state index is 0.0753. The molecule has 1 aromatic heterocycles. The third-order valence-electron chi connectivity index (χ3n) is 4.08. The summed E-state index contributed by atoms with van der Waals surface area (Å²) < 4.78 is 38.7. The third kappa shape index (κ3) is 4.35. The fourth-order valence-electron chi connectivity index (χ4n) is 2.73. The lowest BCUT2D eigenvalue weighted by Gasteiger charge is -2.09. The Labute approximate surface area is 161 Å². The predicted molar refractivity (Wildman–Crippen MR) is 101 cm³/mol. The van der Waals surface area contributed by atoms with Gasteiger partial charge in [0.1, 0.15) is 17.3 Å². The molecule has 1 heterocycles. The van der Waals surface area contributed by atoms with Crippen molar-refractivity contribution in [3.8, 4) is 5.69 Å². The van der Waals surface area contributed by atoms with Crippen molar-refractivity contribution in [1.29, 1.82) is 0 Å². The second-order valence-corrected chi connectivity index (χ2v) is 7.83. The molecule has 0 spiro atoms. The van der Waals surface area contributed by atoms with Gasteiger partial charge in [0.2, 0.25) is 10.0 Å². The number of nitrogens with two attached hydrogens (primary N) is 1. The van der Waals surface area contributed by atoms with Crippen LogP contribution in [0.3, 0.4) is 0 Å². The molecule has 27 heavy (non-hydrogen) atoms. The molecule has 6 nitrogen and oxygen atoms in total. The highest BCUT2D eigenvalue weighted by molar-refractivity contribution is 7.89. The average molecular weight is 409 g/mol. The molecule has 3 rings (SSSR count). The Morgan fingerprint density at radius 3 is 2.56 bits per heavy atom. The van der Waals surface area contributed by atoms with Crippen LogP contribution in [0.5, 0.6) is 0 Å². The van der Waals surface area contributed by atoms with Crippen molar-refractivity contribution in [2.75, 3.05) is 0 Å². The van der Waals surface area contributed by atoms with E-state index in [0.29, 0.717) is 18.1 Å². The molecular weight excluding hydrogens is 391 g/mol. The molecule has 142 valence electrons. The van der Waals surface area contributed by atoms with Crippen LogP contribution in [0, 0.1) is 5.82 Å². The Bertz CT molecular complexity index is 1080. The van der Waals surface area contributed by atoms with Gasteiger partial charge >= 0.3 is 0 Å². The van der Waals surface area contributed by atoms with Crippen molar-refractivity contribution < 1.29 is 12.8 Å². The molecule has 0 radical (unpaired) electrons. The van der Waals surface area contributed by atoms with Gasteiger partial charge < -0.3 is 0 Å². The molecule has 0 saturated heterocycles. The summed E-state index contributed by atoms with van der Waals surface area (Å²) in [5.74, 6) is 0.164. The standard InChI is InChI=1S/C18H18ClFN4O2S/c1-2-12-4-3-5-13(8-12)9-18-22-17(11-19)23-24(18)16-7-6-14(10-15(16)20)27(21,25)26/h3-8,10H,2,9,11H2,1H3,(H2,21,25,26). The first-order valence-corrected chi connectivity index (χ1v) is 10.3. The minimum Gasteiger partial charge on any atom is -0.225 e. The van der Waals surface area contributed by atoms with Gasteiger partial charge in [-0.05, 0) is 35.7 Å². The zero-order valence-electron chi connectivity index (χ0n) is 14.6. The Kier molecular flexibility index (Phi) is 5.59. The molecule has 2 N–H and O–H groups in total. The first-order valence-electron chi connectivity index (χ1n) is 8.23. The third-order valence-corrected chi connectivity index (χ3v) is 5.23. The summed E-state index contributed by atoms with van der Waals surface area (Å²) in [6, 6.07) is 11.4. The largest absolute Gasteiger partial charge is 0.238 e. The highest BCUT2D eigenvalue weighted by Gasteiger charge is 2.18. The molecule has 0 fully saturated rings. The summed E-state index contributed by atoms with van der Waals surface area (Å²) in [6.45, 7) is 2.07. The van der Waals surface area contributed by atoms with E-state index in [-0.39, 0.29) is 16.5 Å². The van der Waals surface area contributed by atoms with E-state index >= 15 is 0 Å². The summed E-state index contributed by atoms with van der Waals surface area (Å²) >= 11 is 5.85. The number of hydrogen-bond donors (Lipinski definition) is 1. The van der Waals surface area contributed by atoms with Crippen LogP contribution in [-0.2, 0) is 28.7 Å². The molecule has 0 amide bonds. The summed E-state index contributed by atoms with van der Waals surface area (Å²) in [4.78, 5) is 4.07. The molecule has 9 heteroatoms. The normalized spacial score (nSPS) is 11.7. The van der Waals surface area contributed by atoms with Crippen LogP contribution in [0.1, 0.15) is 29.7 Å². The Morgan fingerprint density at radius 2 is 1.93 bits per heavy atom. The maximum Gasteiger partial charge on any atom is 0.238 e. The number of benzene rings is 2. The van der Waals surface area contributed by atoms with Crippen molar-refractivity contribution in [2.24, 2.45) is 5.14 Å². The lowest BCUT2D eigenvalue weighted by Crippen LogP contribution is -2.13. The lowest BCUT2D eigenvalue weighted by molar-refractivity contribution is 0.587. The first kappa shape index (κ1) is 19.5. The van der Waals surface area contributed by atoms with Gasteiger partial charge in [-0.25, -0.2) is 27.6 Å². The number of aromatic nitrogens is 3. The summed E-state index contributed by atoms with van der Waals surface area (Å²) in [5, 5.41) is 9.30. The fourth-order valence-corrected chi connectivity index (χ4v) is 3.37. The molecule has 0 bridgehead atoms. The Hall–Kier alpha value is -2.29. The van der Waals surface area contributed by atoms with Gasteiger partial charge in [0.15, 0.2) is 5.82 Å². The highest BCUT2D eigenvalue weighted by atomic mass is 35.5. The smallest absolute Gasteiger partial charge is 0.225 e. The van der Waals surface area contributed by atoms with Crippen LogP contribution in [0.4, 0.5) is 4.39 Å². The fraction of sp³-hybridized carbons (Fsp3) is 0.222. The molecule has 0 atom stereocenters. The molecular formula is C18H18ClFN4O2S. The molecule has 2 aromatic carbocycles. The number of hydrogen-bond acceptors (Lipinski definition) is 4. The molecule has 0 aliphatic heterocycles. The molecule has 3 aromatic rings. The first-order chi connectivity index (χ1) is 12.8. The maximum atomic E-state index is 14.6. The van der Waals surface area contributed by atoms with E-state index in [1.165, 1.54) is 22.4 Å². The van der Waals surface area contributed by atoms with E-state index in [9.17, 15) is 12.8 Å². The van der Waals surface area contributed by atoms with Crippen molar-refractivity contribution >= 4 is 21.6 Å². The van der Waals surface area contributed by atoms with Crippen LogP contribution >= 0.6 is 11.6 Å². The van der Waals surface area contributed by atoms with Crippen LogP contribution in [-0.4, -0.2) is 23.2 Å². The van der Waals surface area contributed by atoms with Crippen LogP contribution < -0.4 is 5.14 Å². The monoisotopic (exact) mass is 408 g/mol. The van der Waals surface area contributed by atoms with Gasteiger partial charge in [-0.15, -0.1) is 16.7 Å². The van der Waals surface area contributed by atoms with Crippen LogP contribution in [0.2, 0.25) is 0 Å². The number of aryl methyl sites for hydroxylation is 1. The summed E-state index contributed by atoms with van der Waals surface area (Å²) in [6.07, 6.45) is 1.32. The summed E-state index contributed by atoms with van der Waals surface area (Å²) in [5.41, 5.74) is 2.26. The lowest BCUT2D eigenvalue weighted by atomic mass is 10.1. The highest BCUT2D eigenvalue weighted by Crippen LogP contribution is 2.21. The van der Waals surface area contributed by atoms with Gasteiger partial charge in [0.25, 0.3) is 0 Å². The quantitative estimate of drug-likeness (QED) is 0.635. The van der Waals surface area contributed by atoms with E-state index in [0.717, 1.165) is 18.1 Å². The van der Waals surface area contributed by atoms with E-state index in [2.05, 4.69) is 23.1 Å². The number of nitrogens with zero attached hydrogens (tertiary/aromatic N) is 3. The number of sulfonamides is 1. The molecule has 0 unspecified atom stereocenters. The average Bonchev–Trinajstić information content (AvgIpc) is 3.03. The van der Waals surface area contributed by atoms with Gasteiger partial charge in [-0.1, -0.05) is 31.2 Å². The van der Waals surface area contributed by atoms with E-state index in [1.54, 1.807) is 0 Å². The number of halogens is 2. The molecule has 0 saturated carbocycles. The Morgan fingerprint density at radius 1 is 1.19 bits per heavy atom. The molecule has 0 aliphatic carbocycles. The second-order valence-electron chi connectivity index (χ2n) is 6.00. The summed E-state index contributed by atoms with van der Waals surface area (Å²) in [7, 11) is -4.00. The molecule has 0 aliphatic rings. The number of rotatable bonds is 6. The van der Waals surface area contributed by atoms with Crippen molar-refractivity contribution in [1.82, 2.24) is 14.8 Å². The zero-order valence-corrected chi connectivity index (χ0v) is 16.1. The van der Waals surface area contributed by atoms with E-state index in [1.807, 2.05) is 18.2 Å². The van der Waals surface area contributed by atoms with Crippen molar-refractivity contribution in [3.05, 3.63) is 71.1 Å². The van der Waals surface area contributed by atoms with Gasteiger partial charge in [0.05, 0.1) is 10.8 Å². The SMILES string of the molecule is CCc1cccc(Cc2nc(CCl)nn2-c2ccc(S(N)(=O)=O)cc2F)c1. The zero-order chi connectivity index (χ0) is 19.6. The minimum atomic E-state index is -4.00. The van der Waals surface area contributed by atoms with Crippen molar-refractivity contribution in [3.63, 3.8) is 0 Å². The topological polar surface area (TPSA) is 90.9 Å². The van der Waals surface area contributed by atoms with Crippen molar-refractivity contribution in [2.45, 2.75) is 30.5 Å². The van der Waals surface area contributed by atoms with Crippen LogP contribution in [0.25, 0.3) is 5.69 Å².